The first-order valence-electron chi connectivity index (χ1n) is 6.39. The van der Waals surface area contributed by atoms with Gasteiger partial charge in [-0.05, 0) is 18.9 Å². The van der Waals surface area contributed by atoms with Crippen molar-refractivity contribution in [1.29, 1.82) is 0 Å². The van der Waals surface area contributed by atoms with Crippen molar-refractivity contribution in [3.63, 3.8) is 0 Å². The summed E-state index contributed by atoms with van der Waals surface area (Å²) < 4.78 is 5.23. The highest BCUT2D eigenvalue weighted by Gasteiger charge is 2.25. The lowest BCUT2D eigenvalue weighted by Gasteiger charge is -2.33. The number of methoxy groups -OCH3 is 1. The molecule has 1 aliphatic rings. The zero-order valence-electron chi connectivity index (χ0n) is 11.2. The normalized spacial score (nSPS) is 15.9. The Hall–Kier alpha value is -2.31. The van der Waals surface area contributed by atoms with E-state index >= 15 is 0 Å². The molecule has 0 radical (unpaired) electrons. The number of hydrogen-bond acceptors (Lipinski definition) is 5. The molecule has 0 saturated carbocycles. The third kappa shape index (κ3) is 2.81. The number of non-ortho nitro benzene ring substituents is 1. The highest BCUT2D eigenvalue weighted by molar-refractivity contribution is 5.77. The van der Waals surface area contributed by atoms with Gasteiger partial charge in [0.15, 0.2) is 0 Å². The molecule has 2 rings (SSSR count). The van der Waals surface area contributed by atoms with Gasteiger partial charge in [0.1, 0.15) is 5.75 Å². The van der Waals surface area contributed by atoms with Crippen LogP contribution in [0.4, 0.5) is 11.4 Å². The van der Waals surface area contributed by atoms with Crippen molar-refractivity contribution in [2.75, 3.05) is 25.1 Å². The number of benzene rings is 1. The first kappa shape index (κ1) is 14.1. The number of ether oxygens (including phenoxy) is 1. The zero-order chi connectivity index (χ0) is 14.7. The molecule has 7 nitrogen and oxygen atoms in total. The fourth-order valence-electron chi connectivity index (χ4n) is 2.45. The van der Waals surface area contributed by atoms with Crippen LogP contribution < -0.4 is 15.4 Å². The van der Waals surface area contributed by atoms with Crippen LogP contribution in [0.1, 0.15) is 12.8 Å². The minimum Gasteiger partial charge on any atom is -0.494 e. The third-order valence-electron chi connectivity index (χ3n) is 3.61. The van der Waals surface area contributed by atoms with Crippen LogP contribution in [0, 0.1) is 16.0 Å². The largest absolute Gasteiger partial charge is 0.494 e. The molecule has 1 aromatic carbocycles. The summed E-state index contributed by atoms with van der Waals surface area (Å²) in [6.07, 6.45) is 1.38. The predicted molar refractivity (Wildman–Crippen MR) is 73.8 cm³/mol. The number of primary amides is 1. The molecule has 108 valence electrons. The van der Waals surface area contributed by atoms with E-state index < -0.39 is 4.92 Å². The van der Waals surface area contributed by atoms with Gasteiger partial charge in [0.05, 0.1) is 23.8 Å². The maximum atomic E-state index is 11.1. The van der Waals surface area contributed by atoms with Crippen LogP contribution in [-0.4, -0.2) is 31.0 Å². The lowest BCUT2D eigenvalue weighted by Crippen LogP contribution is -2.38. The average molecular weight is 279 g/mol. The smallest absolute Gasteiger partial charge is 0.273 e. The van der Waals surface area contributed by atoms with Crippen LogP contribution in [0.5, 0.6) is 5.75 Å². The summed E-state index contributed by atoms with van der Waals surface area (Å²) in [4.78, 5) is 23.5. The van der Waals surface area contributed by atoms with Gasteiger partial charge in [0, 0.05) is 25.1 Å². The standard InChI is InChI=1S/C13H17N3O4/c1-20-12-8-10(16(18)19)2-3-11(12)15-6-4-9(5-7-15)13(14)17/h2-3,8-9H,4-7H2,1H3,(H2,14,17). The molecule has 2 N–H and O–H groups in total. The van der Waals surface area contributed by atoms with Gasteiger partial charge < -0.3 is 15.4 Å². The fraction of sp³-hybridized carbons (Fsp3) is 0.462. The van der Waals surface area contributed by atoms with Gasteiger partial charge in [-0.2, -0.15) is 0 Å². The van der Waals surface area contributed by atoms with E-state index in [4.69, 9.17) is 10.5 Å². The number of anilines is 1. The van der Waals surface area contributed by atoms with Gasteiger partial charge in [-0.3, -0.25) is 14.9 Å². The van der Waals surface area contributed by atoms with Crippen molar-refractivity contribution in [2.45, 2.75) is 12.8 Å². The predicted octanol–water partition coefficient (Wildman–Crippen LogP) is 1.31. The van der Waals surface area contributed by atoms with Gasteiger partial charge in [0.2, 0.25) is 5.91 Å². The third-order valence-corrected chi connectivity index (χ3v) is 3.61. The molecule has 1 amide bonds. The van der Waals surface area contributed by atoms with Gasteiger partial charge in [-0.15, -0.1) is 0 Å². The molecule has 0 aromatic heterocycles. The summed E-state index contributed by atoms with van der Waals surface area (Å²) in [5.41, 5.74) is 6.11. The van der Waals surface area contributed by atoms with Crippen molar-refractivity contribution in [3.8, 4) is 5.75 Å². The molecule has 0 atom stereocenters. The number of nitro benzene ring substituents is 1. The summed E-state index contributed by atoms with van der Waals surface area (Å²) in [6, 6.07) is 4.55. The minimum atomic E-state index is -0.453. The van der Waals surface area contributed by atoms with Gasteiger partial charge >= 0.3 is 0 Å². The molecule has 0 unspecified atom stereocenters. The Labute approximate surface area is 116 Å². The van der Waals surface area contributed by atoms with Gasteiger partial charge in [-0.1, -0.05) is 0 Å². The van der Waals surface area contributed by atoms with Crippen molar-refractivity contribution in [3.05, 3.63) is 28.3 Å². The summed E-state index contributed by atoms with van der Waals surface area (Å²) in [5.74, 6) is 0.118. The Morgan fingerprint density at radius 1 is 1.45 bits per heavy atom. The summed E-state index contributed by atoms with van der Waals surface area (Å²) in [6.45, 7) is 1.36. The Kier molecular flexibility index (Phi) is 4.07. The van der Waals surface area contributed by atoms with Gasteiger partial charge in [0.25, 0.3) is 5.69 Å². The SMILES string of the molecule is COc1cc([N+](=O)[O-])ccc1N1CCC(C(N)=O)CC1. The lowest BCUT2D eigenvalue weighted by molar-refractivity contribution is -0.384. The quantitative estimate of drug-likeness (QED) is 0.661. The Balaban J connectivity index is 2.17. The maximum absolute atomic E-state index is 11.1. The summed E-state index contributed by atoms with van der Waals surface area (Å²) in [7, 11) is 1.48. The highest BCUT2D eigenvalue weighted by atomic mass is 16.6. The van der Waals surface area contributed by atoms with Crippen molar-refractivity contribution in [1.82, 2.24) is 0 Å². The number of piperidine rings is 1. The van der Waals surface area contributed by atoms with E-state index in [1.165, 1.54) is 19.2 Å². The number of nitrogens with two attached hydrogens (primary N) is 1. The second kappa shape index (κ2) is 5.77. The molecule has 1 aliphatic heterocycles. The number of nitrogens with zero attached hydrogens (tertiary/aromatic N) is 2. The monoisotopic (exact) mass is 279 g/mol. The van der Waals surface area contributed by atoms with Crippen molar-refractivity contribution < 1.29 is 14.5 Å². The molecule has 1 saturated heterocycles. The summed E-state index contributed by atoms with van der Waals surface area (Å²) >= 11 is 0. The number of carbonyl (C=O) groups is 1. The van der Waals surface area contributed by atoms with Crippen LogP contribution in [0.2, 0.25) is 0 Å². The average Bonchev–Trinajstić information content (AvgIpc) is 2.46. The van der Waals surface area contributed by atoms with E-state index in [0.717, 1.165) is 5.69 Å². The Morgan fingerprint density at radius 3 is 2.60 bits per heavy atom. The Bertz CT molecular complexity index is 524. The highest BCUT2D eigenvalue weighted by Crippen LogP contribution is 2.34. The molecular weight excluding hydrogens is 262 g/mol. The molecule has 7 heteroatoms. The van der Waals surface area contributed by atoms with Crippen molar-refractivity contribution in [2.24, 2.45) is 11.7 Å². The molecule has 1 heterocycles. The van der Waals surface area contributed by atoms with Crippen LogP contribution in [0.15, 0.2) is 18.2 Å². The second-order valence-electron chi connectivity index (χ2n) is 4.78. The Morgan fingerprint density at radius 2 is 2.10 bits per heavy atom. The molecule has 0 bridgehead atoms. The van der Waals surface area contributed by atoms with E-state index in [-0.39, 0.29) is 17.5 Å². The van der Waals surface area contributed by atoms with E-state index in [2.05, 4.69) is 4.90 Å². The molecule has 1 fully saturated rings. The van der Waals surface area contributed by atoms with Gasteiger partial charge in [-0.25, -0.2) is 0 Å². The van der Waals surface area contributed by atoms with E-state index in [0.29, 0.717) is 31.7 Å². The molecule has 20 heavy (non-hydrogen) atoms. The number of hydrogen-bond donors (Lipinski definition) is 1. The number of rotatable bonds is 4. The number of carbonyl (C=O) groups excluding carboxylic acids is 1. The first-order valence-corrected chi connectivity index (χ1v) is 6.39. The number of nitro groups is 1. The van der Waals surface area contributed by atoms with E-state index in [1.54, 1.807) is 6.07 Å². The maximum Gasteiger partial charge on any atom is 0.273 e. The number of amides is 1. The van der Waals surface area contributed by atoms with Crippen LogP contribution in [-0.2, 0) is 4.79 Å². The second-order valence-corrected chi connectivity index (χ2v) is 4.78. The van der Waals surface area contributed by atoms with Crippen LogP contribution >= 0.6 is 0 Å². The summed E-state index contributed by atoms with van der Waals surface area (Å²) in [5, 5.41) is 10.8. The lowest BCUT2D eigenvalue weighted by atomic mass is 9.96. The van der Waals surface area contributed by atoms with Crippen LogP contribution in [0.3, 0.4) is 0 Å². The fourth-order valence-corrected chi connectivity index (χ4v) is 2.45. The topological polar surface area (TPSA) is 98.7 Å². The van der Waals surface area contributed by atoms with E-state index in [1.807, 2.05) is 0 Å². The molecular formula is C13H17N3O4. The first-order chi connectivity index (χ1) is 9.52. The van der Waals surface area contributed by atoms with Crippen molar-refractivity contribution >= 4 is 17.3 Å². The van der Waals surface area contributed by atoms with Crippen LogP contribution in [0.25, 0.3) is 0 Å². The molecule has 1 aromatic rings. The molecule has 0 aliphatic carbocycles. The minimum absolute atomic E-state index is 0.00220. The molecule has 0 spiro atoms. The van der Waals surface area contributed by atoms with E-state index in [9.17, 15) is 14.9 Å². The zero-order valence-corrected chi connectivity index (χ0v) is 11.2.